The van der Waals surface area contributed by atoms with Crippen LogP contribution < -0.4 is 5.32 Å². The SMILES string of the molecule is C[C@](O)(CNC(=O)c1ccsc1)C1CC1. The fraction of sp³-hybridized carbons (Fsp3) is 0.545. The molecule has 1 aliphatic rings. The lowest BCUT2D eigenvalue weighted by atomic mass is 10.0. The third kappa shape index (κ3) is 2.58. The average molecular weight is 225 g/mol. The maximum atomic E-state index is 11.6. The van der Waals surface area contributed by atoms with Crippen molar-refractivity contribution in [2.45, 2.75) is 25.4 Å². The Kier molecular flexibility index (Phi) is 2.80. The monoisotopic (exact) mass is 225 g/mol. The van der Waals surface area contributed by atoms with Gasteiger partial charge in [-0.1, -0.05) is 0 Å². The molecule has 1 aromatic rings. The predicted molar refractivity (Wildman–Crippen MR) is 60.0 cm³/mol. The minimum Gasteiger partial charge on any atom is -0.388 e. The molecule has 1 fully saturated rings. The van der Waals surface area contributed by atoms with Gasteiger partial charge in [0, 0.05) is 17.5 Å². The van der Waals surface area contributed by atoms with E-state index in [4.69, 9.17) is 0 Å². The van der Waals surface area contributed by atoms with Gasteiger partial charge in [0.25, 0.3) is 5.91 Å². The van der Waals surface area contributed by atoms with Crippen LogP contribution in [-0.4, -0.2) is 23.2 Å². The molecule has 0 bridgehead atoms. The second kappa shape index (κ2) is 3.94. The van der Waals surface area contributed by atoms with Crippen LogP contribution in [0.2, 0.25) is 0 Å². The zero-order valence-corrected chi connectivity index (χ0v) is 9.51. The highest BCUT2D eigenvalue weighted by Crippen LogP contribution is 2.38. The first-order valence-corrected chi connectivity index (χ1v) is 6.06. The molecule has 15 heavy (non-hydrogen) atoms. The first-order valence-electron chi connectivity index (χ1n) is 5.12. The number of thiophene rings is 1. The maximum Gasteiger partial charge on any atom is 0.252 e. The molecule has 4 heteroatoms. The summed E-state index contributed by atoms with van der Waals surface area (Å²) in [5.74, 6) is 0.262. The molecule has 1 heterocycles. The molecule has 82 valence electrons. The van der Waals surface area contributed by atoms with Gasteiger partial charge in [0.2, 0.25) is 0 Å². The van der Waals surface area contributed by atoms with Gasteiger partial charge in [0.1, 0.15) is 0 Å². The predicted octanol–water partition coefficient (Wildman–Crippen LogP) is 1.64. The molecule has 0 aromatic carbocycles. The van der Waals surface area contributed by atoms with Crippen molar-refractivity contribution < 1.29 is 9.90 Å². The zero-order valence-electron chi connectivity index (χ0n) is 8.69. The van der Waals surface area contributed by atoms with Crippen LogP contribution in [0, 0.1) is 5.92 Å². The van der Waals surface area contributed by atoms with Crippen molar-refractivity contribution in [3.8, 4) is 0 Å². The van der Waals surface area contributed by atoms with Gasteiger partial charge in [-0.3, -0.25) is 4.79 Å². The van der Waals surface area contributed by atoms with Crippen LogP contribution in [0.3, 0.4) is 0 Å². The summed E-state index contributed by atoms with van der Waals surface area (Å²) in [5.41, 5.74) is -0.0716. The van der Waals surface area contributed by atoms with E-state index in [-0.39, 0.29) is 5.91 Å². The van der Waals surface area contributed by atoms with Crippen LogP contribution in [0.25, 0.3) is 0 Å². The van der Waals surface area contributed by atoms with Crippen molar-refractivity contribution in [2.24, 2.45) is 5.92 Å². The van der Waals surface area contributed by atoms with Gasteiger partial charge in [-0.05, 0) is 37.1 Å². The number of hydrogen-bond acceptors (Lipinski definition) is 3. The Balaban J connectivity index is 1.85. The largest absolute Gasteiger partial charge is 0.388 e. The van der Waals surface area contributed by atoms with E-state index in [1.54, 1.807) is 18.4 Å². The third-order valence-electron chi connectivity index (χ3n) is 2.85. The number of carbonyl (C=O) groups excluding carboxylic acids is 1. The number of amides is 1. The minimum absolute atomic E-state index is 0.0998. The van der Waals surface area contributed by atoms with E-state index in [0.717, 1.165) is 12.8 Å². The molecule has 0 spiro atoms. The fourth-order valence-electron chi connectivity index (χ4n) is 1.60. The van der Waals surface area contributed by atoms with Gasteiger partial charge in [0.15, 0.2) is 0 Å². The molecule has 1 aromatic heterocycles. The van der Waals surface area contributed by atoms with Gasteiger partial charge in [-0.25, -0.2) is 0 Å². The standard InChI is InChI=1S/C11H15NO2S/c1-11(14,9-2-3-9)7-12-10(13)8-4-5-15-6-8/h4-6,9,14H,2-3,7H2,1H3,(H,12,13)/t11-/m0/s1. The molecule has 2 N–H and O–H groups in total. The molecule has 3 nitrogen and oxygen atoms in total. The Morgan fingerprint density at radius 1 is 1.73 bits per heavy atom. The van der Waals surface area contributed by atoms with Crippen molar-refractivity contribution in [1.82, 2.24) is 5.32 Å². The van der Waals surface area contributed by atoms with Crippen LogP contribution in [0.1, 0.15) is 30.1 Å². The molecule has 0 unspecified atom stereocenters. The normalized spacial score (nSPS) is 19.6. The molecule has 1 atom stereocenters. The highest BCUT2D eigenvalue weighted by molar-refractivity contribution is 7.08. The summed E-state index contributed by atoms with van der Waals surface area (Å²) in [6, 6.07) is 1.78. The number of nitrogens with one attached hydrogen (secondary N) is 1. The van der Waals surface area contributed by atoms with Crippen LogP contribution in [0.5, 0.6) is 0 Å². The summed E-state index contributed by atoms with van der Waals surface area (Å²) in [6.07, 6.45) is 2.14. The van der Waals surface area contributed by atoms with E-state index in [2.05, 4.69) is 5.32 Å². The summed E-state index contributed by atoms with van der Waals surface area (Å²) < 4.78 is 0. The van der Waals surface area contributed by atoms with E-state index < -0.39 is 5.60 Å². The minimum atomic E-state index is -0.744. The van der Waals surface area contributed by atoms with Crippen LogP contribution in [-0.2, 0) is 0 Å². The highest BCUT2D eigenvalue weighted by Gasteiger charge is 2.39. The molecular weight excluding hydrogens is 210 g/mol. The quantitative estimate of drug-likeness (QED) is 0.818. The Bertz CT molecular complexity index is 341. The van der Waals surface area contributed by atoms with Gasteiger partial charge in [-0.15, -0.1) is 0 Å². The molecule has 1 amide bonds. The molecule has 0 saturated heterocycles. The third-order valence-corrected chi connectivity index (χ3v) is 3.53. The number of aliphatic hydroxyl groups is 1. The number of hydrogen-bond donors (Lipinski definition) is 2. The first kappa shape index (κ1) is 10.6. The first-order chi connectivity index (χ1) is 7.09. The fourth-order valence-corrected chi connectivity index (χ4v) is 2.24. The van der Waals surface area contributed by atoms with Crippen molar-refractivity contribution in [3.05, 3.63) is 22.4 Å². The van der Waals surface area contributed by atoms with Gasteiger partial charge in [0.05, 0.1) is 5.60 Å². The van der Waals surface area contributed by atoms with Crippen molar-refractivity contribution >= 4 is 17.2 Å². The molecule has 2 rings (SSSR count). The number of carbonyl (C=O) groups is 1. The second-order valence-electron chi connectivity index (χ2n) is 4.33. The Morgan fingerprint density at radius 3 is 3.00 bits per heavy atom. The molecule has 0 aliphatic heterocycles. The van der Waals surface area contributed by atoms with E-state index in [1.807, 2.05) is 5.38 Å². The Hall–Kier alpha value is -0.870. The van der Waals surface area contributed by atoms with Crippen molar-refractivity contribution in [2.75, 3.05) is 6.54 Å². The number of rotatable bonds is 4. The lowest BCUT2D eigenvalue weighted by molar-refractivity contribution is 0.0354. The zero-order chi connectivity index (χ0) is 10.9. The smallest absolute Gasteiger partial charge is 0.252 e. The lowest BCUT2D eigenvalue weighted by Gasteiger charge is -2.23. The van der Waals surface area contributed by atoms with Crippen LogP contribution >= 0.6 is 11.3 Å². The molecule has 1 saturated carbocycles. The van der Waals surface area contributed by atoms with E-state index in [9.17, 15) is 9.90 Å². The lowest BCUT2D eigenvalue weighted by Crippen LogP contribution is -2.42. The van der Waals surface area contributed by atoms with Crippen LogP contribution in [0.15, 0.2) is 16.8 Å². The summed E-state index contributed by atoms with van der Waals surface area (Å²) in [6.45, 7) is 2.13. The molecule has 0 radical (unpaired) electrons. The molecule has 1 aliphatic carbocycles. The topological polar surface area (TPSA) is 49.3 Å². The summed E-state index contributed by atoms with van der Waals surface area (Å²) in [7, 11) is 0. The van der Waals surface area contributed by atoms with Gasteiger partial charge >= 0.3 is 0 Å². The van der Waals surface area contributed by atoms with Gasteiger partial charge in [-0.2, -0.15) is 11.3 Å². The van der Waals surface area contributed by atoms with Crippen molar-refractivity contribution in [1.29, 1.82) is 0 Å². The van der Waals surface area contributed by atoms with E-state index in [0.29, 0.717) is 18.0 Å². The second-order valence-corrected chi connectivity index (χ2v) is 5.11. The molecular formula is C11H15NO2S. The Morgan fingerprint density at radius 2 is 2.47 bits per heavy atom. The average Bonchev–Trinajstić information content (AvgIpc) is 2.92. The van der Waals surface area contributed by atoms with E-state index >= 15 is 0 Å². The van der Waals surface area contributed by atoms with Crippen LogP contribution in [0.4, 0.5) is 0 Å². The highest BCUT2D eigenvalue weighted by atomic mass is 32.1. The van der Waals surface area contributed by atoms with Gasteiger partial charge < -0.3 is 10.4 Å². The Labute approximate surface area is 93.1 Å². The van der Waals surface area contributed by atoms with E-state index in [1.165, 1.54) is 11.3 Å². The maximum absolute atomic E-state index is 11.6. The summed E-state index contributed by atoms with van der Waals surface area (Å²) in [5, 5.41) is 16.4. The summed E-state index contributed by atoms with van der Waals surface area (Å²) >= 11 is 1.50. The summed E-state index contributed by atoms with van der Waals surface area (Å²) in [4.78, 5) is 11.6. The van der Waals surface area contributed by atoms with Crippen molar-refractivity contribution in [3.63, 3.8) is 0 Å².